The molecule has 1 amide bonds. The Hall–Kier alpha value is -3.14. The average Bonchev–Trinajstić information content (AvgIpc) is 3.12. The van der Waals surface area contributed by atoms with Gasteiger partial charge in [-0.3, -0.25) is 9.48 Å². The third kappa shape index (κ3) is 5.93. The van der Waals surface area contributed by atoms with E-state index in [1.807, 2.05) is 0 Å². The number of aryl methyl sites for hydroxylation is 1. The molecule has 0 unspecified atom stereocenters. The molecule has 1 aromatic heterocycles. The number of allylic oxidation sites excluding steroid dienone is 2. The van der Waals surface area contributed by atoms with Crippen LogP contribution in [0.1, 0.15) is 22.3 Å². The highest BCUT2D eigenvalue weighted by Crippen LogP contribution is 2.30. The van der Waals surface area contributed by atoms with Crippen LogP contribution in [0.4, 0.5) is 10.2 Å². The van der Waals surface area contributed by atoms with Crippen molar-refractivity contribution in [1.82, 2.24) is 24.9 Å². The zero-order valence-electron chi connectivity index (χ0n) is 19.8. The van der Waals surface area contributed by atoms with Crippen LogP contribution in [-0.2, 0) is 13.6 Å². The maximum atomic E-state index is 15.1. The van der Waals surface area contributed by atoms with Crippen molar-refractivity contribution in [3.63, 3.8) is 0 Å². The Morgan fingerprint density at radius 2 is 2.14 bits per heavy atom. The molecule has 1 fully saturated rings. The summed E-state index contributed by atoms with van der Waals surface area (Å²) in [5.74, 6) is -0.0227. The number of nitrogens with zero attached hydrogens (tertiary/aromatic N) is 4. The number of fused-ring (bicyclic) bond motifs is 1. The van der Waals surface area contributed by atoms with E-state index in [1.54, 1.807) is 36.1 Å². The SMILES string of the molecule is C=C1Nc2c(cnn2C)CN(C(=O)c2ccc(OCCCN3CCNCC3)cc2F)/C1=C/C=C/Cl. The molecule has 2 aliphatic rings. The van der Waals surface area contributed by atoms with Gasteiger partial charge in [0.1, 0.15) is 17.4 Å². The summed E-state index contributed by atoms with van der Waals surface area (Å²) in [5.41, 5.74) is 3.01. The predicted molar refractivity (Wildman–Crippen MR) is 135 cm³/mol. The molecule has 35 heavy (non-hydrogen) atoms. The van der Waals surface area contributed by atoms with Crippen LogP contribution >= 0.6 is 11.6 Å². The first-order valence-electron chi connectivity index (χ1n) is 11.6. The lowest BCUT2D eigenvalue weighted by atomic mass is 10.1. The van der Waals surface area contributed by atoms with Crippen LogP contribution in [0.3, 0.4) is 0 Å². The molecular formula is C25H30ClFN6O2. The van der Waals surface area contributed by atoms with Gasteiger partial charge in [0.2, 0.25) is 0 Å². The summed E-state index contributed by atoms with van der Waals surface area (Å²) in [7, 11) is 1.79. The van der Waals surface area contributed by atoms with E-state index in [0.717, 1.165) is 50.5 Å². The minimum absolute atomic E-state index is 0.0564. The van der Waals surface area contributed by atoms with E-state index >= 15 is 4.39 Å². The molecule has 2 aliphatic heterocycles. The zero-order chi connectivity index (χ0) is 24.8. The number of benzene rings is 1. The molecule has 4 rings (SSSR count). The van der Waals surface area contributed by atoms with Crippen LogP contribution in [0.25, 0.3) is 0 Å². The first-order chi connectivity index (χ1) is 17.0. The number of halogens is 2. The number of ether oxygens (including phenoxy) is 1. The second kappa shape index (κ2) is 11.5. The van der Waals surface area contributed by atoms with Crippen molar-refractivity contribution in [2.45, 2.75) is 13.0 Å². The molecule has 1 saturated heterocycles. The molecule has 8 nitrogen and oxygen atoms in total. The Labute approximate surface area is 209 Å². The van der Waals surface area contributed by atoms with E-state index in [-0.39, 0.29) is 12.1 Å². The molecule has 10 heteroatoms. The number of nitrogens with one attached hydrogen (secondary N) is 2. The molecule has 0 bridgehead atoms. The fourth-order valence-corrected chi connectivity index (χ4v) is 4.27. The third-order valence-corrected chi connectivity index (χ3v) is 6.20. The fourth-order valence-electron chi connectivity index (χ4n) is 4.20. The summed E-state index contributed by atoms with van der Waals surface area (Å²) in [5, 5.41) is 10.8. The second-order valence-corrected chi connectivity index (χ2v) is 8.69. The monoisotopic (exact) mass is 500 g/mol. The molecule has 0 radical (unpaired) electrons. The average molecular weight is 501 g/mol. The van der Waals surface area contributed by atoms with Gasteiger partial charge in [-0.05, 0) is 30.7 Å². The quantitative estimate of drug-likeness (QED) is 0.567. The molecule has 3 heterocycles. The molecule has 0 spiro atoms. The molecule has 1 aromatic carbocycles. The minimum Gasteiger partial charge on any atom is -0.493 e. The van der Waals surface area contributed by atoms with E-state index < -0.39 is 11.7 Å². The number of anilines is 1. The summed E-state index contributed by atoms with van der Waals surface area (Å²) < 4.78 is 22.5. The Morgan fingerprint density at radius 1 is 1.34 bits per heavy atom. The smallest absolute Gasteiger partial charge is 0.261 e. The van der Waals surface area contributed by atoms with Gasteiger partial charge in [0, 0.05) is 56.9 Å². The molecule has 0 atom stereocenters. The maximum Gasteiger partial charge on any atom is 0.261 e. The summed E-state index contributed by atoms with van der Waals surface area (Å²) >= 11 is 5.71. The van der Waals surface area contributed by atoms with Crippen LogP contribution in [0.2, 0.25) is 0 Å². The van der Waals surface area contributed by atoms with Gasteiger partial charge in [-0.15, -0.1) is 0 Å². The lowest BCUT2D eigenvalue weighted by Gasteiger charge is -2.27. The van der Waals surface area contributed by atoms with Crippen LogP contribution in [-0.4, -0.2) is 64.8 Å². The van der Waals surface area contributed by atoms with E-state index in [9.17, 15) is 4.79 Å². The Morgan fingerprint density at radius 3 is 2.89 bits per heavy atom. The van der Waals surface area contributed by atoms with Crippen molar-refractivity contribution in [3.8, 4) is 5.75 Å². The van der Waals surface area contributed by atoms with Crippen molar-refractivity contribution < 1.29 is 13.9 Å². The molecule has 0 saturated carbocycles. The fraction of sp³-hybridized carbons (Fsp3) is 0.360. The summed E-state index contributed by atoms with van der Waals surface area (Å²) in [6, 6.07) is 4.35. The number of aromatic nitrogens is 2. The number of amides is 1. The van der Waals surface area contributed by atoms with Gasteiger partial charge in [-0.25, -0.2) is 4.39 Å². The Bertz CT molecular complexity index is 1140. The van der Waals surface area contributed by atoms with E-state index in [4.69, 9.17) is 16.3 Å². The number of rotatable bonds is 7. The summed E-state index contributed by atoms with van der Waals surface area (Å²) in [4.78, 5) is 17.3. The first kappa shape index (κ1) is 25.0. The lowest BCUT2D eigenvalue weighted by molar-refractivity contribution is 0.0796. The zero-order valence-corrected chi connectivity index (χ0v) is 20.5. The number of carbonyl (C=O) groups excluding carboxylic acids is 1. The standard InChI is InChI=1S/C25H30ClFN6O2/c1-18-23(5-3-8-26)33(17-19-16-29-31(2)24(19)30-18)25(34)21-7-6-20(15-22(21)27)35-14-4-11-32-12-9-28-10-13-32/h3,5-8,15-16,28,30H,1,4,9-14,17H2,2H3/b8-3+,23-5+. The lowest BCUT2D eigenvalue weighted by Crippen LogP contribution is -2.43. The molecule has 2 aromatic rings. The topological polar surface area (TPSA) is 74.7 Å². The Kier molecular flexibility index (Phi) is 8.22. The number of hydrogen-bond donors (Lipinski definition) is 2. The van der Waals surface area contributed by atoms with Gasteiger partial charge >= 0.3 is 0 Å². The normalized spacial score (nSPS) is 18.0. The van der Waals surface area contributed by atoms with Crippen molar-refractivity contribution in [2.24, 2.45) is 7.05 Å². The van der Waals surface area contributed by atoms with E-state index in [1.165, 1.54) is 22.6 Å². The van der Waals surface area contributed by atoms with Gasteiger partial charge < -0.3 is 25.2 Å². The highest BCUT2D eigenvalue weighted by molar-refractivity contribution is 6.25. The summed E-state index contributed by atoms with van der Waals surface area (Å²) in [6.07, 6.45) is 5.77. The highest BCUT2D eigenvalue weighted by atomic mass is 35.5. The largest absolute Gasteiger partial charge is 0.493 e. The van der Waals surface area contributed by atoms with Gasteiger partial charge in [0.15, 0.2) is 0 Å². The van der Waals surface area contributed by atoms with Crippen molar-refractivity contribution in [3.05, 3.63) is 77.0 Å². The predicted octanol–water partition coefficient (Wildman–Crippen LogP) is 3.45. The maximum absolute atomic E-state index is 15.1. The number of hydrogen-bond acceptors (Lipinski definition) is 6. The van der Waals surface area contributed by atoms with Gasteiger partial charge in [0.05, 0.1) is 36.3 Å². The van der Waals surface area contributed by atoms with Gasteiger partial charge in [-0.1, -0.05) is 18.2 Å². The molecule has 0 aliphatic carbocycles. The van der Waals surface area contributed by atoms with E-state index in [0.29, 0.717) is 23.8 Å². The van der Waals surface area contributed by atoms with Gasteiger partial charge in [0.25, 0.3) is 5.91 Å². The third-order valence-electron chi connectivity index (χ3n) is 6.05. The van der Waals surface area contributed by atoms with Crippen molar-refractivity contribution >= 4 is 23.3 Å². The molecule has 2 N–H and O–H groups in total. The van der Waals surface area contributed by atoms with Gasteiger partial charge in [-0.2, -0.15) is 5.10 Å². The molecular weight excluding hydrogens is 471 g/mol. The molecule has 186 valence electrons. The summed E-state index contributed by atoms with van der Waals surface area (Å²) in [6.45, 7) is 9.74. The van der Waals surface area contributed by atoms with Crippen LogP contribution in [0.5, 0.6) is 5.75 Å². The minimum atomic E-state index is -0.643. The van der Waals surface area contributed by atoms with E-state index in [2.05, 4.69) is 27.2 Å². The number of piperazine rings is 1. The van der Waals surface area contributed by atoms with Crippen LogP contribution in [0.15, 0.2) is 60.1 Å². The highest BCUT2D eigenvalue weighted by Gasteiger charge is 2.29. The van der Waals surface area contributed by atoms with Crippen LogP contribution < -0.4 is 15.4 Å². The van der Waals surface area contributed by atoms with Crippen molar-refractivity contribution in [1.29, 1.82) is 0 Å². The first-order valence-corrected chi connectivity index (χ1v) is 12.0. The van der Waals surface area contributed by atoms with Crippen molar-refractivity contribution in [2.75, 3.05) is 44.6 Å². The van der Waals surface area contributed by atoms with Crippen LogP contribution in [0, 0.1) is 5.82 Å². The second-order valence-electron chi connectivity index (χ2n) is 8.44. The number of carbonyl (C=O) groups is 1. The Balaban J connectivity index is 1.47.